The zero-order valence-corrected chi connectivity index (χ0v) is 17.1. The summed E-state index contributed by atoms with van der Waals surface area (Å²) in [4.78, 5) is 16.5. The van der Waals surface area contributed by atoms with Gasteiger partial charge in [0.15, 0.2) is 0 Å². The first kappa shape index (κ1) is 22.0. The highest BCUT2D eigenvalue weighted by Gasteiger charge is 2.62. The maximum absolute atomic E-state index is 14.1. The first-order valence-corrected chi connectivity index (χ1v) is 9.51. The van der Waals surface area contributed by atoms with Crippen LogP contribution in [0.25, 0.3) is 0 Å². The van der Waals surface area contributed by atoms with Gasteiger partial charge in [0.2, 0.25) is 5.91 Å². The molecule has 1 aromatic carbocycles. The van der Waals surface area contributed by atoms with E-state index in [0.717, 1.165) is 17.1 Å². The van der Waals surface area contributed by atoms with Gasteiger partial charge in [0, 0.05) is 29.0 Å². The Kier molecular flexibility index (Phi) is 5.93. The lowest BCUT2D eigenvalue weighted by Crippen LogP contribution is -2.48. The number of nitrogens with two attached hydrogens (primary N) is 1. The van der Waals surface area contributed by atoms with Crippen LogP contribution in [-0.4, -0.2) is 34.2 Å². The van der Waals surface area contributed by atoms with Crippen LogP contribution < -0.4 is 5.84 Å². The minimum atomic E-state index is -4.81. The van der Waals surface area contributed by atoms with Crippen molar-refractivity contribution in [1.82, 2.24) is 5.01 Å². The molecule has 156 valence electrons. The van der Waals surface area contributed by atoms with Crippen LogP contribution in [0.3, 0.4) is 0 Å². The van der Waals surface area contributed by atoms with Gasteiger partial charge in [-0.25, -0.2) is 5.84 Å². The summed E-state index contributed by atoms with van der Waals surface area (Å²) >= 11 is 18.0. The maximum Gasteiger partial charge on any atom is 0.435 e. The van der Waals surface area contributed by atoms with E-state index in [4.69, 9.17) is 45.5 Å². The van der Waals surface area contributed by atoms with Gasteiger partial charge in [0.1, 0.15) is 0 Å². The molecule has 29 heavy (non-hydrogen) atoms. The van der Waals surface area contributed by atoms with E-state index in [0.29, 0.717) is 5.57 Å². The quantitative estimate of drug-likeness (QED) is 0.302. The minimum Gasteiger partial charge on any atom is -0.374 e. The van der Waals surface area contributed by atoms with E-state index >= 15 is 0 Å². The zero-order chi connectivity index (χ0) is 21.6. The lowest BCUT2D eigenvalue weighted by Gasteiger charge is -2.30. The third kappa shape index (κ3) is 4.12. The number of oxime groups is 1. The van der Waals surface area contributed by atoms with E-state index in [1.54, 1.807) is 0 Å². The molecule has 2 aliphatic rings. The van der Waals surface area contributed by atoms with E-state index in [1.807, 2.05) is 0 Å². The molecular formula is C18H15Cl3F3N3O2. The molecule has 0 radical (unpaired) electrons. The lowest BCUT2D eigenvalue weighted by atomic mass is 9.85. The highest BCUT2D eigenvalue weighted by Crippen LogP contribution is 2.50. The molecule has 1 aromatic rings. The molecule has 2 N–H and O–H groups in total. The first-order valence-electron chi connectivity index (χ1n) is 8.32. The normalized spacial score (nSPS) is 26.6. The van der Waals surface area contributed by atoms with E-state index in [9.17, 15) is 18.0 Å². The number of amides is 1. The molecule has 1 aliphatic carbocycles. The summed E-state index contributed by atoms with van der Waals surface area (Å²) in [5.41, 5.74) is -2.66. The molecule has 1 amide bonds. The summed E-state index contributed by atoms with van der Waals surface area (Å²) in [7, 11) is 0. The Balaban J connectivity index is 1.97. The summed E-state index contributed by atoms with van der Waals surface area (Å²) in [6.07, 6.45) is -0.899. The van der Waals surface area contributed by atoms with Crippen molar-refractivity contribution in [1.29, 1.82) is 0 Å². The standard InChI is InChI=1S/C18H15Cl3F3N3O2/c1-9(28)27(25)16-4-10(2-3-14(16)21)15-8-17(29-26-15,18(22,23)24)11-5-12(19)7-13(20)6-11/h2-7,14,16H,8,25H2,1H3. The molecule has 3 atom stereocenters. The van der Waals surface area contributed by atoms with Gasteiger partial charge in [0.05, 0.1) is 17.1 Å². The number of carbonyl (C=O) groups is 1. The van der Waals surface area contributed by atoms with Crippen LogP contribution >= 0.6 is 34.8 Å². The van der Waals surface area contributed by atoms with Crippen molar-refractivity contribution >= 4 is 46.4 Å². The Morgan fingerprint density at radius 2 is 1.93 bits per heavy atom. The van der Waals surface area contributed by atoms with Crippen molar-refractivity contribution in [3.8, 4) is 0 Å². The molecule has 11 heteroatoms. The molecular weight excluding hydrogens is 454 g/mol. The van der Waals surface area contributed by atoms with Gasteiger partial charge >= 0.3 is 6.18 Å². The molecule has 1 heterocycles. The number of nitrogens with zero attached hydrogens (tertiary/aromatic N) is 2. The van der Waals surface area contributed by atoms with Crippen molar-refractivity contribution in [3.63, 3.8) is 0 Å². The molecule has 3 unspecified atom stereocenters. The maximum atomic E-state index is 14.1. The van der Waals surface area contributed by atoms with Gasteiger partial charge in [-0.1, -0.05) is 40.5 Å². The molecule has 0 aromatic heterocycles. The number of benzene rings is 1. The third-order valence-corrected chi connectivity index (χ3v) is 5.51. The topological polar surface area (TPSA) is 67.9 Å². The number of hydrogen-bond acceptors (Lipinski definition) is 4. The van der Waals surface area contributed by atoms with Crippen LogP contribution in [0.5, 0.6) is 0 Å². The fourth-order valence-electron chi connectivity index (χ4n) is 3.12. The summed E-state index contributed by atoms with van der Waals surface area (Å²) < 4.78 is 42.2. The summed E-state index contributed by atoms with van der Waals surface area (Å²) in [5, 5.41) is 4.02. The van der Waals surface area contributed by atoms with E-state index < -0.39 is 35.5 Å². The molecule has 5 nitrogen and oxygen atoms in total. The minimum absolute atomic E-state index is 0.0280. The van der Waals surface area contributed by atoms with Crippen molar-refractivity contribution in [2.75, 3.05) is 0 Å². The zero-order valence-electron chi connectivity index (χ0n) is 14.9. The van der Waals surface area contributed by atoms with Crippen molar-refractivity contribution in [3.05, 3.63) is 57.6 Å². The smallest absolute Gasteiger partial charge is 0.374 e. The Morgan fingerprint density at radius 1 is 1.31 bits per heavy atom. The average Bonchev–Trinajstić information content (AvgIpc) is 3.07. The van der Waals surface area contributed by atoms with Crippen LogP contribution in [-0.2, 0) is 15.2 Å². The average molecular weight is 469 g/mol. The second kappa shape index (κ2) is 7.83. The monoisotopic (exact) mass is 467 g/mol. The molecule has 0 fully saturated rings. The fraction of sp³-hybridized carbons (Fsp3) is 0.333. The number of hydrogen-bond donors (Lipinski definition) is 1. The SMILES string of the molecule is CC(=O)N(N)C1C=C(C2=NOC(c3cc(Cl)cc(Cl)c3)(C(F)(F)F)C2)C=CC1Cl. The Bertz CT molecular complexity index is 912. The van der Waals surface area contributed by atoms with Gasteiger partial charge in [-0.3, -0.25) is 9.80 Å². The predicted molar refractivity (Wildman–Crippen MR) is 105 cm³/mol. The van der Waals surface area contributed by atoms with Crippen molar-refractivity contribution in [2.24, 2.45) is 11.0 Å². The number of hydrazine groups is 1. The van der Waals surface area contributed by atoms with E-state index in [2.05, 4.69) is 5.16 Å². The predicted octanol–water partition coefficient (Wildman–Crippen LogP) is 4.72. The van der Waals surface area contributed by atoms with Crippen LogP contribution in [0.2, 0.25) is 10.0 Å². The lowest BCUT2D eigenvalue weighted by molar-refractivity contribution is -0.275. The third-order valence-electron chi connectivity index (χ3n) is 4.67. The van der Waals surface area contributed by atoms with Crippen molar-refractivity contribution < 1.29 is 22.8 Å². The molecule has 0 spiro atoms. The van der Waals surface area contributed by atoms with Crippen LogP contribution in [0.4, 0.5) is 13.2 Å². The van der Waals surface area contributed by atoms with Gasteiger partial charge in [0.25, 0.3) is 5.60 Å². The fourth-order valence-corrected chi connectivity index (χ4v) is 3.92. The molecule has 1 aliphatic heterocycles. The van der Waals surface area contributed by atoms with Gasteiger partial charge < -0.3 is 4.84 Å². The van der Waals surface area contributed by atoms with Crippen LogP contribution in [0, 0.1) is 0 Å². The van der Waals surface area contributed by atoms with Crippen LogP contribution in [0.15, 0.2) is 47.2 Å². The van der Waals surface area contributed by atoms with Crippen molar-refractivity contribution in [2.45, 2.75) is 36.5 Å². The van der Waals surface area contributed by atoms with Crippen LogP contribution in [0.1, 0.15) is 18.9 Å². The van der Waals surface area contributed by atoms with E-state index in [1.165, 1.54) is 31.2 Å². The Labute approximate surface area is 179 Å². The summed E-state index contributed by atoms with van der Waals surface area (Å²) in [6, 6.07) is 2.85. The number of alkyl halides is 4. The second-order valence-electron chi connectivity index (χ2n) is 6.63. The highest BCUT2D eigenvalue weighted by molar-refractivity contribution is 6.34. The highest BCUT2D eigenvalue weighted by atomic mass is 35.5. The molecule has 0 bridgehead atoms. The summed E-state index contributed by atoms with van der Waals surface area (Å²) in [6.45, 7) is 1.25. The second-order valence-corrected chi connectivity index (χ2v) is 8.01. The largest absolute Gasteiger partial charge is 0.435 e. The number of carbonyl (C=O) groups excluding carboxylic acids is 1. The Hall–Kier alpha value is -1.74. The van der Waals surface area contributed by atoms with E-state index in [-0.39, 0.29) is 21.3 Å². The molecule has 0 saturated heterocycles. The molecule has 3 rings (SSSR count). The number of rotatable bonds is 3. The van der Waals surface area contributed by atoms with Gasteiger partial charge in [-0.15, -0.1) is 11.6 Å². The number of allylic oxidation sites excluding steroid dienone is 2. The first-order chi connectivity index (χ1) is 13.4. The van der Waals surface area contributed by atoms with Gasteiger partial charge in [-0.2, -0.15) is 13.2 Å². The number of halogens is 6. The Morgan fingerprint density at radius 3 is 2.48 bits per heavy atom. The van der Waals surface area contributed by atoms with Gasteiger partial charge in [-0.05, 0) is 29.8 Å². The molecule has 0 saturated carbocycles. The summed E-state index contributed by atoms with van der Waals surface area (Å²) in [5.74, 6) is 5.28.